The van der Waals surface area contributed by atoms with Crippen LogP contribution in [0.4, 0.5) is 0 Å². The summed E-state index contributed by atoms with van der Waals surface area (Å²) < 4.78 is 5.83. The molecule has 0 saturated carbocycles. The predicted molar refractivity (Wildman–Crippen MR) is 81.6 cm³/mol. The Morgan fingerprint density at radius 2 is 1.79 bits per heavy atom. The van der Waals surface area contributed by atoms with Gasteiger partial charge in [0.1, 0.15) is 5.75 Å². The molecule has 0 saturated heterocycles. The lowest BCUT2D eigenvalue weighted by atomic mass is 10.1. The van der Waals surface area contributed by atoms with Crippen LogP contribution in [0, 0.1) is 5.92 Å². The molecule has 0 heterocycles. The number of hydrogen-bond donors (Lipinski definition) is 1. The SMILES string of the molecule is CCN(CC)CC(C)COc1ccc(CCN)cc1. The summed E-state index contributed by atoms with van der Waals surface area (Å²) in [5, 5.41) is 0. The van der Waals surface area contributed by atoms with Crippen molar-refractivity contribution in [2.45, 2.75) is 27.2 Å². The van der Waals surface area contributed by atoms with Crippen molar-refractivity contribution >= 4 is 0 Å². The highest BCUT2D eigenvalue weighted by atomic mass is 16.5. The molecule has 3 heteroatoms. The average Bonchev–Trinajstić information content (AvgIpc) is 2.44. The van der Waals surface area contributed by atoms with Crippen molar-refractivity contribution < 1.29 is 4.74 Å². The molecule has 0 aliphatic rings. The molecule has 0 radical (unpaired) electrons. The zero-order valence-electron chi connectivity index (χ0n) is 12.6. The first-order valence-electron chi connectivity index (χ1n) is 7.33. The Morgan fingerprint density at radius 1 is 1.16 bits per heavy atom. The van der Waals surface area contributed by atoms with Crippen molar-refractivity contribution in [3.05, 3.63) is 29.8 Å². The van der Waals surface area contributed by atoms with E-state index in [2.05, 4.69) is 37.8 Å². The molecule has 1 rings (SSSR count). The van der Waals surface area contributed by atoms with E-state index in [1.54, 1.807) is 0 Å². The van der Waals surface area contributed by atoms with Crippen LogP contribution in [-0.2, 0) is 6.42 Å². The number of hydrogen-bond acceptors (Lipinski definition) is 3. The minimum atomic E-state index is 0.545. The lowest BCUT2D eigenvalue weighted by molar-refractivity contribution is 0.195. The molecule has 19 heavy (non-hydrogen) atoms. The van der Waals surface area contributed by atoms with Gasteiger partial charge < -0.3 is 15.4 Å². The van der Waals surface area contributed by atoms with Gasteiger partial charge in [0.25, 0.3) is 0 Å². The van der Waals surface area contributed by atoms with Crippen molar-refractivity contribution in [2.24, 2.45) is 11.7 Å². The van der Waals surface area contributed by atoms with E-state index in [4.69, 9.17) is 10.5 Å². The average molecular weight is 264 g/mol. The molecular formula is C16H28N2O. The highest BCUT2D eigenvalue weighted by Crippen LogP contribution is 2.13. The summed E-state index contributed by atoms with van der Waals surface area (Å²) in [6, 6.07) is 8.26. The molecule has 0 aromatic heterocycles. The van der Waals surface area contributed by atoms with E-state index in [0.29, 0.717) is 12.5 Å². The fourth-order valence-electron chi connectivity index (χ4n) is 2.13. The summed E-state index contributed by atoms with van der Waals surface area (Å²) >= 11 is 0. The molecule has 0 amide bonds. The minimum Gasteiger partial charge on any atom is -0.493 e. The first kappa shape index (κ1) is 16.0. The third kappa shape index (κ3) is 6.08. The highest BCUT2D eigenvalue weighted by Gasteiger charge is 2.08. The van der Waals surface area contributed by atoms with Gasteiger partial charge in [-0.1, -0.05) is 32.9 Å². The van der Waals surface area contributed by atoms with Crippen LogP contribution >= 0.6 is 0 Å². The van der Waals surface area contributed by atoms with Crippen molar-refractivity contribution in [1.29, 1.82) is 0 Å². The summed E-state index contributed by atoms with van der Waals surface area (Å²) in [5.74, 6) is 1.50. The maximum atomic E-state index is 5.83. The zero-order chi connectivity index (χ0) is 14.1. The van der Waals surface area contributed by atoms with Crippen LogP contribution in [0.25, 0.3) is 0 Å². The number of nitrogens with two attached hydrogens (primary N) is 1. The van der Waals surface area contributed by atoms with Gasteiger partial charge in [0.2, 0.25) is 0 Å². The van der Waals surface area contributed by atoms with Gasteiger partial charge in [0.05, 0.1) is 6.61 Å². The largest absolute Gasteiger partial charge is 0.493 e. The van der Waals surface area contributed by atoms with Crippen LogP contribution in [0.3, 0.4) is 0 Å². The minimum absolute atomic E-state index is 0.545. The van der Waals surface area contributed by atoms with Crippen LogP contribution in [-0.4, -0.2) is 37.7 Å². The third-order valence-corrected chi connectivity index (χ3v) is 3.36. The molecule has 1 unspecified atom stereocenters. The van der Waals surface area contributed by atoms with Crippen LogP contribution in [0.5, 0.6) is 5.75 Å². The monoisotopic (exact) mass is 264 g/mol. The second kappa shape index (κ2) is 8.94. The molecule has 108 valence electrons. The molecular weight excluding hydrogens is 236 g/mol. The van der Waals surface area contributed by atoms with Crippen LogP contribution in [0.2, 0.25) is 0 Å². The Hall–Kier alpha value is -1.06. The van der Waals surface area contributed by atoms with E-state index in [-0.39, 0.29) is 0 Å². The maximum Gasteiger partial charge on any atom is 0.119 e. The fraction of sp³-hybridized carbons (Fsp3) is 0.625. The van der Waals surface area contributed by atoms with Crippen molar-refractivity contribution in [1.82, 2.24) is 4.90 Å². The Bertz CT molecular complexity index is 333. The molecule has 1 aromatic rings. The molecule has 1 atom stereocenters. The first-order valence-corrected chi connectivity index (χ1v) is 7.33. The molecule has 2 N–H and O–H groups in total. The van der Waals surface area contributed by atoms with E-state index in [1.165, 1.54) is 5.56 Å². The van der Waals surface area contributed by atoms with Crippen molar-refractivity contribution in [3.8, 4) is 5.75 Å². The Morgan fingerprint density at radius 3 is 2.32 bits per heavy atom. The number of rotatable bonds is 9. The van der Waals surface area contributed by atoms with Gasteiger partial charge in [-0.3, -0.25) is 0 Å². The Kier molecular flexibility index (Phi) is 7.53. The van der Waals surface area contributed by atoms with E-state index in [1.807, 2.05) is 12.1 Å². The van der Waals surface area contributed by atoms with Gasteiger partial charge >= 0.3 is 0 Å². The molecule has 1 aromatic carbocycles. The maximum absolute atomic E-state index is 5.83. The second-order valence-electron chi connectivity index (χ2n) is 5.08. The lowest BCUT2D eigenvalue weighted by Gasteiger charge is -2.22. The predicted octanol–water partition coefficient (Wildman–Crippen LogP) is 2.54. The Balaban J connectivity index is 2.35. The topological polar surface area (TPSA) is 38.5 Å². The van der Waals surface area contributed by atoms with Gasteiger partial charge in [0, 0.05) is 12.5 Å². The first-order chi connectivity index (χ1) is 9.19. The normalized spacial score (nSPS) is 12.7. The van der Waals surface area contributed by atoms with Gasteiger partial charge in [-0.05, 0) is 43.8 Å². The van der Waals surface area contributed by atoms with Gasteiger partial charge in [0.15, 0.2) is 0 Å². The summed E-state index contributed by atoms with van der Waals surface area (Å²) in [4.78, 5) is 2.43. The van der Waals surface area contributed by atoms with E-state index >= 15 is 0 Å². The molecule has 0 bridgehead atoms. The summed E-state index contributed by atoms with van der Waals surface area (Å²) in [6.45, 7) is 11.4. The quantitative estimate of drug-likeness (QED) is 0.745. The van der Waals surface area contributed by atoms with Crippen molar-refractivity contribution in [2.75, 3.05) is 32.8 Å². The van der Waals surface area contributed by atoms with Crippen LogP contribution in [0.1, 0.15) is 26.3 Å². The molecule has 0 spiro atoms. The van der Waals surface area contributed by atoms with Gasteiger partial charge in [-0.25, -0.2) is 0 Å². The second-order valence-corrected chi connectivity index (χ2v) is 5.08. The number of ether oxygens (including phenoxy) is 1. The number of benzene rings is 1. The zero-order valence-corrected chi connectivity index (χ0v) is 12.6. The molecule has 0 aliphatic carbocycles. The lowest BCUT2D eigenvalue weighted by Crippen LogP contribution is -2.30. The summed E-state index contributed by atoms with van der Waals surface area (Å²) in [6.07, 6.45) is 0.929. The van der Waals surface area contributed by atoms with Gasteiger partial charge in [-0.15, -0.1) is 0 Å². The molecule has 3 nitrogen and oxygen atoms in total. The summed E-state index contributed by atoms with van der Waals surface area (Å²) in [5.41, 5.74) is 6.80. The van der Waals surface area contributed by atoms with Crippen molar-refractivity contribution in [3.63, 3.8) is 0 Å². The van der Waals surface area contributed by atoms with Crippen LogP contribution in [0.15, 0.2) is 24.3 Å². The van der Waals surface area contributed by atoms with E-state index < -0.39 is 0 Å². The van der Waals surface area contributed by atoms with Gasteiger partial charge in [-0.2, -0.15) is 0 Å². The fourth-order valence-corrected chi connectivity index (χ4v) is 2.13. The molecule has 0 aliphatic heterocycles. The Labute approximate surface area is 117 Å². The van der Waals surface area contributed by atoms with E-state index in [9.17, 15) is 0 Å². The third-order valence-electron chi connectivity index (χ3n) is 3.36. The van der Waals surface area contributed by atoms with E-state index in [0.717, 1.165) is 38.4 Å². The number of nitrogens with zero attached hydrogens (tertiary/aromatic N) is 1. The van der Waals surface area contributed by atoms with Crippen LogP contribution < -0.4 is 10.5 Å². The standard InChI is InChI=1S/C16H28N2O/c1-4-18(5-2)12-14(3)13-19-16-8-6-15(7-9-16)10-11-17/h6-9,14H,4-5,10-13,17H2,1-3H3. The highest BCUT2D eigenvalue weighted by molar-refractivity contribution is 5.27. The molecule has 0 fully saturated rings. The smallest absolute Gasteiger partial charge is 0.119 e. The summed E-state index contributed by atoms with van der Waals surface area (Å²) in [7, 11) is 0.